The van der Waals surface area contributed by atoms with Crippen LogP contribution in [-0.4, -0.2) is 4.98 Å². The van der Waals surface area contributed by atoms with Crippen LogP contribution in [0.4, 0.5) is 13.2 Å². The average Bonchev–Trinajstić information content (AvgIpc) is 2.29. The smallest absolute Gasteiger partial charge is 0.251 e. The van der Waals surface area contributed by atoms with Crippen LogP contribution in [0.25, 0.3) is 11.1 Å². The van der Waals surface area contributed by atoms with Crippen molar-refractivity contribution in [1.82, 2.24) is 4.98 Å². The van der Waals surface area contributed by atoms with E-state index in [1.54, 1.807) is 18.2 Å². The molecule has 0 saturated carbocycles. The highest BCUT2D eigenvalue weighted by Crippen LogP contribution is 2.30. The standard InChI is InChI=1S/C12H8F3NS/c13-12(14,15)11-6-5-8(7-16-11)9-3-1-2-4-10(9)17/h1-7,17H. The Bertz CT molecular complexity index is 520. The van der Waals surface area contributed by atoms with Gasteiger partial charge in [-0.1, -0.05) is 24.3 Å². The second kappa shape index (κ2) is 4.41. The number of alkyl halides is 3. The number of hydrogen-bond acceptors (Lipinski definition) is 2. The van der Waals surface area contributed by atoms with E-state index in [9.17, 15) is 13.2 Å². The highest BCUT2D eigenvalue weighted by molar-refractivity contribution is 7.80. The number of thiol groups is 1. The van der Waals surface area contributed by atoms with Gasteiger partial charge in [0.05, 0.1) is 0 Å². The van der Waals surface area contributed by atoms with E-state index in [1.165, 1.54) is 12.3 Å². The summed E-state index contributed by atoms with van der Waals surface area (Å²) in [5.41, 5.74) is 0.485. The van der Waals surface area contributed by atoms with Crippen LogP contribution in [0.15, 0.2) is 47.5 Å². The van der Waals surface area contributed by atoms with Crippen LogP contribution < -0.4 is 0 Å². The summed E-state index contributed by atoms with van der Waals surface area (Å²) in [7, 11) is 0. The van der Waals surface area contributed by atoms with Gasteiger partial charge >= 0.3 is 6.18 Å². The molecule has 17 heavy (non-hydrogen) atoms. The molecular weight excluding hydrogens is 247 g/mol. The van der Waals surface area contributed by atoms with Crippen LogP contribution in [-0.2, 0) is 6.18 Å². The summed E-state index contributed by atoms with van der Waals surface area (Å²) in [5.74, 6) is 0. The van der Waals surface area contributed by atoms with Gasteiger partial charge in [-0.05, 0) is 17.7 Å². The van der Waals surface area contributed by atoms with E-state index in [0.29, 0.717) is 10.5 Å². The molecule has 2 rings (SSSR count). The van der Waals surface area contributed by atoms with E-state index < -0.39 is 11.9 Å². The summed E-state index contributed by atoms with van der Waals surface area (Å²) in [6.45, 7) is 0. The molecule has 0 fully saturated rings. The Morgan fingerprint density at radius 2 is 1.71 bits per heavy atom. The van der Waals surface area contributed by atoms with Crippen molar-refractivity contribution in [2.45, 2.75) is 11.1 Å². The van der Waals surface area contributed by atoms with Gasteiger partial charge in [-0.15, -0.1) is 12.6 Å². The zero-order valence-corrected chi connectivity index (χ0v) is 9.46. The van der Waals surface area contributed by atoms with Crippen molar-refractivity contribution < 1.29 is 13.2 Å². The molecule has 1 heterocycles. The molecule has 0 unspecified atom stereocenters. The molecule has 88 valence electrons. The molecule has 1 aromatic carbocycles. The van der Waals surface area contributed by atoms with Crippen molar-refractivity contribution in [3.05, 3.63) is 48.3 Å². The van der Waals surface area contributed by atoms with Crippen LogP contribution in [0.1, 0.15) is 5.69 Å². The Morgan fingerprint density at radius 3 is 2.24 bits per heavy atom. The van der Waals surface area contributed by atoms with E-state index >= 15 is 0 Å². The summed E-state index contributed by atoms with van der Waals surface area (Å²) >= 11 is 4.24. The quantitative estimate of drug-likeness (QED) is 0.758. The van der Waals surface area contributed by atoms with E-state index in [0.717, 1.165) is 11.6 Å². The van der Waals surface area contributed by atoms with E-state index in [4.69, 9.17) is 0 Å². The summed E-state index contributed by atoms with van der Waals surface area (Å²) in [5, 5.41) is 0. The minimum atomic E-state index is -4.40. The number of nitrogens with zero attached hydrogens (tertiary/aromatic N) is 1. The molecule has 5 heteroatoms. The van der Waals surface area contributed by atoms with E-state index in [1.807, 2.05) is 6.07 Å². The predicted octanol–water partition coefficient (Wildman–Crippen LogP) is 4.06. The van der Waals surface area contributed by atoms with Gasteiger partial charge in [-0.2, -0.15) is 13.2 Å². The first-order valence-electron chi connectivity index (χ1n) is 4.80. The van der Waals surface area contributed by atoms with Crippen molar-refractivity contribution in [1.29, 1.82) is 0 Å². The fraction of sp³-hybridized carbons (Fsp3) is 0.0833. The minimum Gasteiger partial charge on any atom is -0.251 e. The summed E-state index contributed by atoms with van der Waals surface area (Å²) in [6.07, 6.45) is -3.20. The monoisotopic (exact) mass is 255 g/mol. The van der Waals surface area contributed by atoms with Gasteiger partial charge in [-0.25, -0.2) is 0 Å². The topological polar surface area (TPSA) is 12.9 Å². The molecule has 0 N–H and O–H groups in total. The Kier molecular flexibility index (Phi) is 3.11. The predicted molar refractivity (Wildman–Crippen MR) is 61.9 cm³/mol. The maximum atomic E-state index is 12.3. The number of hydrogen-bond donors (Lipinski definition) is 1. The van der Waals surface area contributed by atoms with Crippen LogP contribution in [0.3, 0.4) is 0 Å². The molecule has 0 saturated heterocycles. The summed E-state index contributed by atoms with van der Waals surface area (Å²) in [4.78, 5) is 4.11. The number of aromatic nitrogens is 1. The first-order chi connectivity index (χ1) is 7.98. The molecule has 1 nitrogen and oxygen atoms in total. The third-order valence-electron chi connectivity index (χ3n) is 2.27. The molecular formula is C12H8F3NS. The number of rotatable bonds is 1. The van der Waals surface area contributed by atoms with Gasteiger partial charge in [0.1, 0.15) is 5.69 Å². The van der Waals surface area contributed by atoms with Crippen molar-refractivity contribution in [3.8, 4) is 11.1 Å². The molecule has 0 aliphatic rings. The molecule has 0 aliphatic carbocycles. The zero-order chi connectivity index (χ0) is 12.5. The zero-order valence-electron chi connectivity index (χ0n) is 8.57. The van der Waals surface area contributed by atoms with E-state index in [-0.39, 0.29) is 0 Å². The third-order valence-corrected chi connectivity index (χ3v) is 2.66. The lowest BCUT2D eigenvalue weighted by atomic mass is 10.1. The first-order valence-corrected chi connectivity index (χ1v) is 5.25. The van der Waals surface area contributed by atoms with Crippen molar-refractivity contribution in [2.24, 2.45) is 0 Å². The van der Waals surface area contributed by atoms with Crippen molar-refractivity contribution in [2.75, 3.05) is 0 Å². The normalized spacial score (nSPS) is 11.5. The molecule has 0 atom stereocenters. The molecule has 1 aromatic heterocycles. The molecule has 0 bridgehead atoms. The molecule has 0 radical (unpaired) electrons. The van der Waals surface area contributed by atoms with Crippen molar-refractivity contribution >= 4 is 12.6 Å². The number of pyridine rings is 1. The van der Waals surface area contributed by atoms with E-state index in [2.05, 4.69) is 17.6 Å². The van der Waals surface area contributed by atoms with Crippen LogP contribution in [0.2, 0.25) is 0 Å². The average molecular weight is 255 g/mol. The van der Waals surface area contributed by atoms with Crippen LogP contribution in [0, 0.1) is 0 Å². The molecule has 0 spiro atoms. The summed E-state index contributed by atoms with van der Waals surface area (Å²) in [6, 6.07) is 9.53. The third kappa shape index (κ3) is 2.61. The fourth-order valence-corrected chi connectivity index (χ4v) is 1.73. The lowest BCUT2D eigenvalue weighted by Gasteiger charge is -2.07. The number of halogens is 3. The molecule has 0 amide bonds. The van der Waals surface area contributed by atoms with Crippen molar-refractivity contribution in [3.63, 3.8) is 0 Å². The minimum absolute atomic E-state index is 0.614. The van der Waals surface area contributed by atoms with Crippen LogP contribution in [0.5, 0.6) is 0 Å². The SMILES string of the molecule is FC(F)(F)c1ccc(-c2ccccc2S)cn1. The first kappa shape index (κ1) is 12.0. The van der Waals surface area contributed by atoms with Gasteiger partial charge in [0, 0.05) is 16.7 Å². The highest BCUT2D eigenvalue weighted by atomic mass is 32.1. The lowest BCUT2D eigenvalue weighted by Crippen LogP contribution is -2.07. The Balaban J connectivity index is 2.40. The largest absolute Gasteiger partial charge is 0.433 e. The van der Waals surface area contributed by atoms with Gasteiger partial charge in [0.15, 0.2) is 0 Å². The van der Waals surface area contributed by atoms with Crippen LogP contribution >= 0.6 is 12.6 Å². The second-order valence-electron chi connectivity index (χ2n) is 3.45. The Labute approximate surface area is 102 Å². The summed E-state index contributed by atoms with van der Waals surface area (Å²) < 4.78 is 37.0. The fourth-order valence-electron chi connectivity index (χ4n) is 1.44. The molecule has 0 aliphatic heterocycles. The molecule has 2 aromatic rings. The Hall–Kier alpha value is -1.49. The Morgan fingerprint density at radius 1 is 1.00 bits per heavy atom. The van der Waals surface area contributed by atoms with Gasteiger partial charge in [0.2, 0.25) is 0 Å². The lowest BCUT2D eigenvalue weighted by molar-refractivity contribution is -0.141. The highest BCUT2D eigenvalue weighted by Gasteiger charge is 2.32. The van der Waals surface area contributed by atoms with Gasteiger partial charge in [-0.3, -0.25) is 4.98 Å². The van der Waals surface area contributed by atoms with Gasteiger partial charge in [0.25, 0.3) is 0 Å². The number of benzene rings is 1. The second-order valence-corrected chi connectivity index (χ2v) is 3.93. The van der Waals surface area contributed by atoms with Gasteiger partial charge < -0.3 is 0 Å². The maximum Gasteiger partial charge on any atom is 0.433 e. The maximum absolute atomic E-state index is 12.3.